The number of carbonyl (C=O) groups excluding carboxylic acids is 4. The normalized spacial score (nSPS) is 31.6. The van der Waals surface area contributed by atoms with Gasteiger partial charge in [-0.3, -0.25) is 4.79 Å². The first-order valence-electron chi connectivity index (χ1n) is 21.1. The predicted octanol–water partition coefficient (Wildman–Crippen LogP) is -0.0621. The minimum Gasteiger partial charge on any atom is -0.493 e. The first kappa shape index (κ1) is 52.8. The highest BCUT2D eigenvalue weighted by Gasteiger charge is 2.55. The van der Waals surface area contributed by atoms with E-state index in [0.717, 1.165) is 4.90 Å². The number of carbonyl (C=O) groups is 4. The van der Waals surface area contributed by atoms with E-state index in [1.807, 2.05) is 13.0 Å². The van der Waals surface area contributed by atoms with Gasteiger partial charge in [0.05, 0.1) is 44.0 Å². The van der Waals surface area contributed by atoms with Gasteiger partial charge in [-0.1, -0.05) is 6.92 Å². The van der Waals surface area contributed by atoms with Gasteiger partial charge in [-0.05, 0) is 94.1 Å². The molecule has 21 nitrogen and oxygen atoms in total. The predicted molar refractivity (Wildman–Crippen MR) is 223 cm³/mol. The average molecular weight is 891 g/mol. The second-order valence-electron chi connectivity index (χ2n) is 19.8. The van der Waals surface area contributed by atoms with Crippen LogP contribution in [0.5, 0.6) is 0 Å². The minimum absolute atomic E-state index is 0.0210. The molecular weight excluding hydrogens is 816 g/mol. The van der Waals surface area contributed by atoms with E-state index in [4.69, 9.17) is 34.2 Å². The maximum Gasteiger partial charge on any atom is 0.410 e. The Balaban J connectivity index is 1.83. The second kappa shape index (κ2) is 21.4. The summed E-state index contributed by atoms with van der Waals surface area (Å²) >= 11 is 0. The van der Waals surface area contributed by atoms with Crippen molar-refractivity contribution >= 4 is 24.2 Å². The van der Waals surface area contributed by atoms with E-state index in [9.17, 15) is 44.7 Å². The first-order chi connectivity index (χ1) is 28.4. The summed E-state index contributed by atoms with van der Waals surface area (Å²) in [6, 6.07) is -3.25. The van der Waals surface area contributed by atoms with Crippen molar-refractivity contribution in [3.63, 3.8) is 0 Å². The van der Waals surface area contributed by atoms with Crippen LogP contribution in [0.15, 0.2) is 11.8 Å². The number of ether oxygens (including phenoxy) is 6. The molecule has 62 heavy (non-hydrogen) atoms. The highest BCUT2D eigenvalue weighted by molar-refractivity contribution is 5.82. The molecule has 13 unspecified atom stereocenters. The minimum atomic E-state index is -1.79. The van der Waals surface area contributed by atoms with Crippen LogP contribution < -0.4 is 27.0 Å². The van der Waals surface area contributed by atoms with Gasteiger partial charge in [-0.2, -0.15) is 0 Å². The van der Waals surface area contributed by atoms with Crippen molar-refractivity contribution in [2.24, 2.45) is 17.6 Å². The van der Waals surface area contributed by atoms with Crippen LogP contribution in [0.3, 0.4) is 0 Å². The number of alkyl carbamates (subject to hydrolysis) is 2. The van der Waals surface area contributed by atoms with Gasteiger partial charge in [-0.25, -0.2) is 14.4 Å². The fourth-order valence-corrected chi connectivity index (χ4v) is 7.55. The molecule has 2 heterocycles. The second-order valence-corrected chi connectivity index (χ2v) is 19.8. The summed E-state index contributed by atoms with van der Waals surface area (Å²) in [6.45, 7) is 17.7. The Kier molecular flexibility index (Phi) is 18.2. The zero-order chi connectivity index (χ0) is 47.1. The molecule has 0 aromatic heterocycles. The van der Waals surface area contributed by atoms with E-state index >= 15 is 0 Å². The van der Waals surface area contributed by atoms with Crippen molar-refractivity contribution in [3.05, 3.63) is 11.8 Å². The van der Waals surface area contributed by atoms with Gasteiger partial charge in [0.25, 0.3) is 5.91 Å². The lowest BCUT2D eigenvalue weighted by Gasteiger charge is -2.51. The molecule has 4 amide bonds. The molecule has 21 heteroatoms. The average Bonchev–Trinajstić information content (AvgIpc) is 3.11. The number of allylic oxidation sites excluding steroid dienone is 1. The number of aliphatic hydroxyl groups is 5. The van der Waals surface area contributed by atoms with Crippen molar-refractivity contribution in [1.29, 1.82) is 0 Å². The van der Waals surface area contributed by atoms with Gasteiger partial charge in [0, 0.05) is 32.1 Å². The van der Waals surface area contributed by atoms with Crippen molar-refractivity contribution in [2.75, 3.05) is 39.8 Å². The van der Waals surface area contributed by atoms with Gasteiger partial charge in [0.15, 0.2) is 6.29 Å². The molecule has 0 bridgehead atoms. The topological polar surface area (TPSA) is 302 Å². The Labute approximate surface area is 364 Å². The molecule has 0 aromatic rings. The molecule has 358 valence electrons. The summed E-state index contributed by atoms with van der Waals surface area (Å²) in [6.07, 6.45) is -9.53. The zero-order valence-electron chi connectivity index (χ0n) is 38.3. The lowest BCUT2D eigenvalue weighted by molar-refractivity contribution is -0.305. The molecule has 3 rings (SSSR count). The number of aliphatic hydroxyl groups excluding tert-OH is 4. The van der Waals surface area contributed by atoms with Crippen LogP contribution in [0.2, 0.25) is 0 Å². The van der Waals surface area contributed by atoms with Crippen molar-refractivity contribution in [2.45, 2.75) is 172 Å². The molecule has 13 atom stereocenters. The summed E-state index contributed by atoms with van der Waals surface area (Å²) < 4.78 is 34.5. The van der Waals surface area contributed by atoms with Gasteiger partial charge >= 0.3 is 18.3 Å². The van der Waals surface area contributed by atoms with Gasteiger partial charge in [-0.15, -0.1) is 0 Å². The molecule has 11 N–H and O–H groups in total. The Morgan fingerprint density at radius 3 is 2.05 bits per heavy atom. The quantitative estimate of drug-likeness (QED) is 0.102. The van der Waals surface area contributed by atoms with Crippen LogP contribution in [0.25, 0.3) is 0 Å². The molecule has 1 saturated heterocycles. The summed E-state index contributed by atoms with van der Waals surface area (Å²) in [5.74, 6) is -1.44. The highest BCUT2D eigenvalue weighted by Crippen LogP contribution is 2.39. The fourth-order valence-electron chi connectivity index (χ4n) is 7.55. The third-order valence-corrected chi connectivity index (χ3v) is 10.3. The smallest absolute Gasteiger partial charge is 0.410 e. The number of rotatable bonds is 14. The highest BCUT2D eigenvalue weighted by atomic mass is 16.7. The molecule has 2 fully saturated rings. The lowest BCUT2D eigenvalue weighted by atomic mass is 9.71. The van der Waals surface area contributed by atoms with Crippen molar-refractivity contribution < 1.29 is 73.1 Å². The molecule has 2 aliphatic heterocycles. The van der Waals surface area contributed by atoms with Crippen LogP contribution in [0, 0.1) is 11.8 Å². The third-order valence-electron chi connectivity index (χ3n) is 10.3. The molecule has 1 aliphatic carbocycles. The Morgan fingerprint density at radius 2 is 1.48 bits per heavy atom. The van der Waals surface area contributed by atoms with Crippen LogP contribution >= 0.6 is 0 Å². The number of likely N-dealkylation sites (N-methyl/N-ethyl adjacent to an activating group) is 1. The maximum absolute atomic E-state index is 13.4. The summed E-state index contributed by atoms with van der Waals surface area (Å²) in [5.41, 5.74) is 2.58. The summed E-state index contributed by atoms with van der Waals surface area (Å²) in [4.78, 5) is 51.8. The van der Waals surface area contributed by atoms with Crippen LogP contribution in [0.4, 0.5) is 14.4 Å². The number of nitrogens with zero attached hydrogens (tertiary/aromatic N) is 1. The van der Waals surface area contributed by atoms with E-state index in [0.29, 0.717) is 12.2 Å². The van der Waals surface area contributed by atoms with E-state index in [-0.39, 0.29) is 32.0 Å². The van der Waals surface area contributed by atoms with Gasteiger partial charge in [0.1, 0.15) is 52.6 Å². The molecular formula is C41H74N6O15. The van der Waals surface area contributed by atoms with E-state index < -0.39 is 127 Å². The number of hydrogen-bond acceptors (Lipinski definition) is 17. The molecule has 0 aromatic carbocycles. The van der Waals surface area contributed by atoms with Gasteiger partial charge < -0.3 is 85.9 Å². The van der Waals surface area contributed by atoms with Crippen LogP contribution in [-0.2, 0) is 33.2 Å². The number of amides is 4. The summed E-state index contributed by atoms with van der Waals surface area (Å²) in [7, 11) is 1.35. The van der Waals surface area contributed by atoms with E-state index in [1.54, 1.807) is 62.3 Å². The number of nitrogens with two attached hydrogens (primary N) is 1. The van der Waals surface area contributed by atoms with E-state index in [2.05, 4.69) is 21.3 Å². The third kappa shape index (κ3) is 15.9. The molecule has 0 spiro atoms. The van der Waals surface area contributed by atoms with Crippen LogP contribution in [-0.4, -0.2) is 178 Å². The fraction of sp³-hybridized carbons (Fsp3) is 0.854. The molecule has 3 aliphatic rings. The SMILES string of the molecule is CC1CC=C(CNCC(O)CNC(=O)OC(C)(C)C)OC1C1C(N)CC(NC(=O)C(O)CNC(=O)OC(C)(C)C)C(OC2OCC(C)(O)C(N(C)C(=O)OC(C)(C)C)C2O)C1O. The lowest BCUT2D eigenvalue weighted by Crippen LogP contribution is -2.70. The van der Waals surface area contributed by atoms with Crippen LogP contribution in [0.1, 0.15) is 89.0 Å². The monoisotopic (exact) mass is 891 g/mol. The largest absolute Gasteiger partial charge is 0.493 e. The maximum atomic E-state index is 13.4. The van der Waals surface area contributed by atoms with Gasteiger partial charge in [0.2, 0.25) is 0 Å². The first-order valence-corrected chi connectivity index (χ1v) is 21.1. The standard InChI is InChI=1S/C41H74N6O15/c1-21-13-14-23(18-43-16-22(48)17-44-35(53)60-38(2,3)4)58-30(21)27-24(42)15-25(46-33(52)26(49)19-45-36(54)61-39(5,6)7)31(28(27)50)59-34-29(51)32(41(11,56)20-57-34)47(12)37(55)62-40(8,9)10/h14,21-22,24-32,34,43,48-51,56H,13,15-20,42H2,1-12H3,(H,44,53)(H,45,54)(H,46,52). The number of hydrogen-bond donors (Lipinski definition) is 10. The Morgan fingerprint density at radius 1 is 0.919 bits per heavy atom. The van der Waals surface area contributed by atoms with Crippen molar-refractivity contribution in [1.82, 2.24) is 26.2 Å². The Bertz CT molecular complexity index is 1550. The molecule has 0 radical (unpaired) electrons. The van der Waals surface area contributed by atoms with Crippen molar-refractivity contribution in [3.8, 4) is 0 Å². The van der Waals surface area contributed by atoms with E-state index in [1.165, 1.54) is 14.0 Å². The number of nitrogens with one attached hydrogen (secondary N) is 4. The zero-order valence-corrected chi connectivity index (χ0v) is 38.3. The Hall–Kier alpha value is -3.54. The summed E-state index contributed by atoms with van der Waals surface area (Å²) in [5, 5.41) is 67.1. The molecule has 1 saturated carbocycles.